The highest BCUT2D eigenvalue weighted by Gasteiger charge is 2.35. The second-order valence-corrected chi connectivity index (χ2v) is 3.77. The number of nitrogens with zero attached hydrogens (tertiary/aromatic N) is 3. The molecule has 1 aromatic heterocycles. The first-order chi connectivity index (χ1) is 6.59. The second-order valence-electron chi connectivity index (χ2n) is 3.77. The molecule has 76 valence electrons. The van der Waals surface area contributed by atoms with Gasteiger partial charge in [-0.2, -0.15) is 5.10 Å². The zero-order valence-corrected chi connectivity index (χ0v) is 8.34. The Morgan fingerprint density at radius 1 is 1.64 bits per heavy atom. The molecule has 2 heterocycles. The van der Waals surface area contributed by atoms with Gasteiger partial charge >= 0.3 is 0 Å². The molecule has 0 radical (unpaired) electrons. The Hall–Kier alpha value is -1.36. The van der Waals surface area contributed by atoms with Crippen molar-refractivity contribution in [1.29, 1.82) is 0 Å². The molecule has 0 aliphatic carbocycles. The summed E-state index contributed by atoms with van der Waals surface area (Å²) in [5, 5.41) is 4.04. The number of aryl methyl sites for hydroxylation is 1. The van der Waals surface area contributed by atoms with Gasteiger partial charge in [0.15, 0.2) is 0 Å². The maximum atomic E-state index is 11.7. The monoisotopic (exact) mass is 194 g/mol. The van der Waals surface area contributed by atoms with Crippen LogP contribution >= 0.6 is 0 Å². The van der Waals surface area contributed by atoms with Crippen molar-refractivity contribution in [3.05, 3.63) is 12.4 Å². The SMILES string of the molecule is C[C@@H]1C[C@H](N)C(=O)N1c1cnn(C)c1. The molecule has 2 atom stereocenters. The van der Waals surface area contributed by atoms with Gasteiger partial charge in [-0.3, -0.25) is 9.48 Å². The van der Waals surface area contributed by atoms with Crippen LogP contribution in [0.4, 0.5) is 5.69 Å². The molecule has 0 spiro atoms. The zero-order chi connectivity index (χ0) is 10.3. The number of carbonyl (C=O) groups is 1. The molecule has 1 saturated heterocycles. The van der Waals surface area contributed by atoms with E-state index in [-0.39, 0.29) is 18.0 Å². The first kappa shape index (κ1) is 9.21. The maximum Gasteiger partial charge on any atom is 0.244 e. The molecule has 5 heteroatoms. The number of amides is 1. The summed E-state index contributed by atoms with van der Waals surface area (Å²) in [7, 11) is 1.83. The Morgan fingerprint density at radius 3 is 2.79 bits per heavy atom. The topological polar surface area (TPSA) is 64.2 Å². The van der Waals surface area contributed by atoms with E-state index in [1.807, 2.05) is 20.2 Å². The predicted octanol–water partition coefficient (Wildman–Crippen LogP) is -0.127. The van der Waals surface area contributed by atoms with Crippen molar-refractivity contribution in [2.45, 2.75) is 25.4 Å². The molecule has 0 aromatic carbocycles. The molecule has 0 bridgehead atoms. The predicted molar refractivity (Wildman–Crippen MR) is 52.7 cm³/mol. The van der Waals surface area contributed by atoms with Crippen LogP contribution in [0, 0.1) is 0 Å². The van der Waals surface area contributed by atoms with Gasteiger partial charge in [0.2, 0.25) is 5.91 Å². The van der Waals surface area contributed by atoms with Crippen molar-refractivity contribution >= 4 is 11.6 Å². The number of hydrogen-bond acceptors (Lipinski definition) is 3. The molecule has 14 heavy (non-hydrogen) atoms. The van der Waals surface area contributed by atoms with Crippen molar-refractivity contribution in [3.63, 3.8) is 0 Å². The molecule has 0 unspecified atom stereocenters. The van der Waals surface area contributed by atoms with Crippen LogP contribution in [-0.2, 0) is 11.8 Å². The summed E-state index contributed by atoms with van der Waals surface area (Å²) in [6.45, 7) is 2.00. The summed E-state index contributed by atoms with van der Waals surface area (Å²) in [6, 6.07) is -0.188. The Bertz CT molecular complexity index is 359. The van der Waals surface area contributed by atoms with Gasteiger partial charge in [0.05, 0.1) is 17.9 Å². The minimum Gasteiger partial charge on any atom is -0.320 e. The van der Waals surface area contributed by atoms with Gasteiger partial charge in [-0.25, -0.2) is 0 Å². The Kier molecular flexibility index (Phi) is 2.03. The summed E-state index contributed by atoms with van der Waals surface area (Å²) in [5.74, 6) is -0.00880. The minimum absolute atomic E-state index is 0.00880. The third-order valence-corrected chi connectivity index (χ3v) is 2.56. The molecular weight excluding hydrogens is 180 g/mol. The third kappa shape index (κ3) is 1.29. The van der Waals surface area contributed by atoms with E-state index < -0.39 is 0 Å². The quantitative estimate of drug-likeness (QED) is 0.677. The lowest BCUT2D eigenvalue weighted by Crippen LogP contribution is -2.35. The highest BCUT2D eigenvalue weighted by atomic mass is 16.2. The number of nitrogens with two attached hydrogens (primary N) is 1. The Morgan fingerprint density at radius 2 is 2.36 bits per heavy atom. The fourth-order valence-corrected chi connectivity index (χ4v) is 1.88. The molecule has 0 saturated carbocycles. The van der Waals surface area contributed by atoms with Gasteiger partial charge < -0.3 is 10.6 Å². The molecule has 2 N–H and O–H groups in total. The van der Waals surface area contributed by atoms with E-state index in [4.69, 9.17) is 5.73 Å². The van der Waals surface area contributed by atoms with E-state index >= 15 is 0 Å². The second kappa shape index (κ2) is 3.09. The highest BCUT2D eigenvalue weighted by Crippen LogP contribution is 2.24. The van der Waals surface area contributed by atoms with E-state index in [0.29, 0.717) is 6.42 Å². The number of carbonyl (C=O) groups excluding carboxylic acids is 1. The van der Waals surface area contributed by atoms with Gasteiger partial charge in [-0.1, -0.05) is 0 Å². The summed E-state index contributed by atoms with van der Waals surface area (Å²) in [4.78, 5) is 13.4. The normalized spacial score (nSPS) is 27.4. The van der Waals surface area contributed by atoms with Gasteiger partial charge in [0.1, 0.15) is 0 Å². The molecule has 1 fully saturated rings. The molecular formula is C9H14N4O. The minimum atomic E-state index is -0.356. The smallest absolute Gasteiger partial charge is 0.244 e. The van der Waals surface area contributed by atoms with Crippen molar-refractivity contribution < 1.29 is 4.79 Å². The van der Waals surface area contributed by atoms with Crippen LogP contribution in [0.3, 0.4) is 0 Å². The molecule has 1 aliphatic rings. The highest BCUT2D eigenvalue weighted by molar-refractivity contribution is 5.99. The summed E-state index contributed by atoms with van der Waals surface area (Å²) < 4.78 is 1.68. The van der Waals surface area contributed by atoms with Crippen molar-refractivity contribution in [2.24, 2.45) is 12.8 Å². The van der Waals surface area contributed by atoms with Crippen molar-refractivity contribution in [1.82, 2.24) is 9.78 Å². The van der Waals surface area contributed by atoms with Crippen LogP contribution in [0.1, 0.15) is 13.3 Å². The number of aromatic nitrogens is 2. The molecule has 1 aliphatic heterocycles. The largest absolute Gasteiger partial charge is 0.320 e. The summed E-state index contributed by atoms with van der Waals surface area (Å²) >= 11 is 0. The standard InChI is InChI=1S/C9H14N4O/c1-6-3-8(10)9(14)13(6)7-4-11-12(2)5-7/h4-6,8H,3,10H2,1-2H3/t6-,8+/m1/s1. The first-order valence-electron chi connectivity index (χ1n) is 4.67. The van der Waals surface area contributed by atoms with Crippen LogP contribution in [0.2, 0.25) is 0 Å². The lowest BCUT2D eigenvalue weighted by Gasteiger charge is -2.18. The van der Waals surface area contributed by atoms with Crippen LogP contribution in [-0.4, -0.2) is 27.8 Å². The van der Waals surface area contributed by atoms with Crippen LogP contribution in [0.15, 0.2) is 12.4 Å². The average molecular weight is 194 g/mol. The van der Waals surface area contributed by atoms with E-state index in [0.717, 1.165) is 5.69 Å². The van der Waals surface area contributed by atoms with Crippen LogP contribution < -0.4 is 10.6 Å². The van der Waals surface area contributed by atoms with E-state index in [9.17, 15) is 4.79 Å². The summed E-state index contributed by atoms with van der Waals surface area (Å²) in [6.07, 6.45) is 4.23. The van der Waals surface area contributed by atoms with Crippen LogP contribution in [0.25, 0.3) is 0 Å². The Balaban J connectivity index is 2.30. The van der Waals surface area contributed by atoms with Crippen molar-refractivity contribution in [2.75, 3.05) is 4.90 Å². The molecule has 2 rings (SSSR count). The summed E-state index contributed by atoms with van der Waals surface area (Å²) in [5.41, 5.74) is 6.52. The lowest BCUT2D eigenvalue weighted by atomic mass is 10.2. The van der Waals surface area contributed by atoms with E-state index in [2.05, 4.69) is 5.10 Å². The fourth-order valence-electron chi connectivity index (χ4n) is 1.88. The van der Waals surface area contributed by atoms with E-state index in [1.165, 1.54) is 0 Å². The molecule has 1 amide bonds. The van der Waals surface area contributed by atoms with Crippen molar-refractivity contribution in [3.8, 4) is 0 Å². The maximum absolute atomic E-state index is 11.7. The molecule has 5 nitrogen and oxygen atoms in total. The van der Waals surface area contributed by atoms with Gasteiger partial charge in [-0.05, 0) is 13.3 Å². The first-order valence-corrected chi connectivity index (χ1v) is 4.67. The zero-order valence-electron chi connectivity index (χ0n) is 8.34. The number of hydrogen-bond donors (Lipinski definition) is 1. The average Bonchev–Trinajstić information content (AvgIpc) is 2.60. The fraction of sp³-hybridized carbons (Fsp3) is 0.556. The van der Waals surface area contributed by atoms with Gasteiger partial charge in [0.25, 0.3) is 0 Å². The van der Waals surface area contributed by atoms with Gasteiger partial charge in [0, 0.05) is 19.3 Å². The molecule has 1 aromatic rings. The number of rotatable bonds is 1. The third-order valence-electron chi connectivity index (χ3n) is 2.56. The van der Waals surface area contributed by atoms with Gasteiger partial charge in [-0.15, -0.1) is 0 Å². The van der Waals surface area contributed by atoms with E-state index in [1.54, 1.807) is 15.8 Å². The van der Waals surface area contributed by atoms with Crippen LogP contribution in [0.5, 0.6) is 0 Å². The number of anilines is 1. The lowest BCUT2D eigenvalue weighted by molar-refractivity contribution is -0.118. The Labute approximate surface area is 82.5 Å².